The quantitative estimate of drug-likeness (QED) is 0.160. The Bertz CT molecular complexity index is 2310. The zero-order valence-corrected chi connectivity index (χ0v) is 31.4. The minimum absolute atomic E-state index is 0.0910. The molecule has 4 aliphatic rings. The third-order valence-electron chi connectivity index (χ3n) is 10.8. The lowest BCUT2D eigenvalue weighted by atomic mass is 9.87. The highest BCUT2D eigenvalue weighted by molar-refractivity contribution is 9.10. The Morgan fingerprint density at radius 3 is 2.26 bits per heavy atom. The number of fused-ring (bicyclic) bond motifs is 2. The van der Waals surface area contributed by atoms with Crippen molar-refractivity contribution in [2.75, 3.05) is 31.1 Å². The number of imide groups is 2. The van der Waals surface area contributed by atoms with Gasteiger partial charge in [-0.25, -0.2) is 0 Å². The molecule has 274 valence electrons. The van der Waals surface area contributed by atoms with E-state index in [0.717, 1.165) is 86.1 Å². The van der Waals surface area contributed by atoms with Gasteiger partial charge in [0.15, 0.2) is 5.75 Å². The number of anilines is 1. The molecule has 0 bridgehead atoms. The molecule has 11 nitrogen and oxygen atoms in total. The summed E-state index contributed by atoms with van der Waals surface area (Å²) < 4.78 is 14.8. The van der Waals surface area contributed by atoms with E-state index < -0.39 is 29.7 Å². The molecule has 1 unspecified atom stereocenters. The Hall–Kier alpha value is -5.24. The topological polar surface area (TPSA) is 129 Å². The minimum Gasteiger partial charge on any atom is -0.508 e. The first kappa shape index (κ1) is 34.5. The molecule has 1 aromatic heterocycles. The summed E-state index contributed by atoms with van der Waals surface area (Å²) in [6.45, 7) is 3.31. The zero-order valence-electron chi connectivity index (χ0n) is 29.0. The summed E-state index contributed by atoms with van der Waals surface area (Å²) in [5.41, 5.74) is 2.50. The lowest BCUT2D eigenvalue weighted by Crippen LogP contribution is -2.56. The van der Waals surface area contributed by atoms with Crippen LogP contribution in [0.1, 0.15) is 46.4 Å². The van der Waals surface area contributed by atoms with Crippen LogP contribution in [0.5, 0.6) is 23.0 Å². The molecule has 4 amide bonds. The number of piperazine rings is 1. The van der Waals surface area contributed by atoms with Crippen molar-refractivity contribution >= 4 is 66.7 Å². The maximum Gasteiger partial charge on any atom is 0.262 e. The van der Waals surface area contributed by atoms with Gasteiger partial charge in [0.1, 0.15) is 29.4 Å². The van der Waals surface area contributed by atoms with E-state index in [9.17, 15) is 24.3 Å². The molecule has 1 atom stereocenters. The average Bonchev–Trinajstić information content (AvgIpc) is 3.63. The molecule has 9 rings (SSSR count). The summed E-state index contributed by atoms with van der Waals surface area (Å²) in [5, 5.41) is 13.3. The first-order chi connectivity index (χ1) is 26.2. The van der Waals surface area contributed by atoms with E-state index in [1.807, 2.05) is 60.7 Å². The molecular weight excluding hydrogens is 772 g/mol. The molecule has 3 fully saturated rings. The molecule has 54 heavy (non-hydrogen) atoms. The number of carbonyl (C=O) groups excluding carboxylic acids is 4. The standard InChI is InChI=1S/C41H35BrN4O7S/c42-24-3-1-23(2-4-24)38-37(32-12-6-27(47)22-35(32)54-38)53-29-9-7-28(8-10-29)52-30-19-26(20-30)45-17-15-44(16-18-45)25-5-11-31-33(21-25)41(51)46(40(31)50)34-13-14-36(48)43-39(34)49/h1-12,21-22,26,30,34,47H,13-20H2,(H,43,48,49)/t26-,30-,34?. The fourth-order valence-electron chi connectivity index (χ4n) is 7.78. The van der Waals surface area contributed by atoms with Gasteiger partial charge in [-0.2, -0.15) is 0 Å². The monoisotopic (exact) mass is 806 g/mol. The van der Waals surface area contributed by atoms with Crippen molar-refractivity contribution in [2.45, 2.75) is 43.9 Å². The first-order valence-electron chi connectivity index (χ1n) is 18.0. The van der Waals surface area contributed by atoms with Crippen LogP contribution in [0, 0.1) is 0 Å². The Morgan fingerprint density at radius 1 is 0.796 bits per heavy atom. The lowest BCUT2D eigenvalue weighted by Gasteiger charge is -2.46. The van der Waals surface area contributed by atoms with Gasteiger partial charge >= 0.3 is 0 Å². The highest BCUT2D eigenvalue weighted by Gasteiger charge is 2.45. The smallest absolute Gasteiger partial charge is 0.262 e. The molecule has 0 radical (unpaired) electrons. The number of benzene rings is 4. The van der Waals surface area contributed by atoms with Crippen LogP contribution in [-0.2, 0) is 9.59 Å². The van der Waals surface area contributed by atoms with Crippen LogP contribution in [0.4, 0.5) is 5.69 Å². The van der Waals surface area contributed by atoms with E-state index in [1.54, 1.807) is 35.6 Å². The van der Waals surface area contributed by atoms with Gasteiger partial charge in [0.05, 0.1) is 16.0 Å². The molecule has 2 saturated heterocycles. The number of hydrogen-bond acceptors (Lipinski definition) is 10. The normalized spacial score (nSPS) is 21.6. The number of hydrogen-bond donors (Lipinski definition) is 2. The molecule has 13 heteroatoms. The molecule has 4 heterocycles. The predicted octanol–water partition coefficient (Wildman–Crippen LogP) is 6.96. The van der Waals surface area contributed by atoms with Crippen molar-refractivity contribution < 1.29 is 33.8 Å². The fraction of sp³-hybridized carbons (Fsp3) is 0.268. The van der Waals surface area contributed by atoms with Gasteiger partial charge in [-0.3, -0.25) is 34.3 Å². The van der Waals surface area contributed by atoms with Crippen molar-refractivity contribution in [1.82, 2.24) is 15.1 Å². The number of thiophene rings is 1. The molecule has 5 aromatic rings. The van der Waals surface area contributed by atoms with Gasteiger partial charge in [-0.15, -0.1) is 11.3 Å². The van der Waals surface area contributed by atoms with Crippen molar-refractivity contribution in [1.29, 1.82) is 0 Å². The predicted molar refractivity (Wildman–Crippen MR) is 207 cm³/mol. The second-order valence-corrected chi connectivity index (χ2v) is 16.1. The summed E-state index contributed by atoms with van der Waals surface area (Å²) in [7, 11) is 0. The summed E-state index contributed by atoms with van der Waals surface area (Å²) in [6.07, 6.45) is 2.23. The van der Waals surface area contributed by atoms with Crippen LogP contribution in [0.2, 0.25) is 0 Å². The number of halogens is 1. The highest BCUT2D eigenvalue weighted by Crippen LogP contribution is 2.47. The van der Waals surface area contributed by atoms with Gasteiger partial charge in [-0.05, 0) is 84.8 Å². The third kappa shape index (κ3) is 6.39. The molecular formula is C41H35BrN4O7S. The maximum absolute atomic E-state index is 13.3. The van der Waals surface area contributed by atoms with Crippen LogP contribution in [0.3, 0.4) is 0 Å². The average molecular weight is 808 g/mol. The molecule has 0 spiro atoms. The molecule has 1 saturated carbocycles. The second-order valence-electron chi connectivity index (χ2n) is 14.1. The SMILES string of the molecule is O=C1CCC(N2C(=O)c3ccc(N4CCN([C@H]5C[C@H](Oc6ccc(Oc7c(-c8ccc(Br)cc8)sc8cc(O)ccc78)cc6)C5)CC4)cc3C2=O)C(=O)N1. The van der Waals surface area contributed by atoms with Crippen LogP contribution >= 0.6 is 27.3 Å². The number of nitrogens with one attached hydrogen (secondary N) is 1. The van der Waals surface area contributed by atoms with Crippen molar-refractivity contribution in [3.63, 3.8) is 0 Å². The number of ether oxygens (including phenoxy) is 2. The van der Waals surface area contributed by atoms with Crippen LogP contribution < -0.4 is 19.7 Å². The van der Waals surface area contributed by atoms with E-state index in [1.165, 1.54) is 0 Å². The number of piperidine rings is 1. The largest absolute Gasteiger partial charge is 0.508 e. The molecule has 4 aromatic carbocycles. The second kappa shape index (κ2) is 13.9. The van der Waals surface area contributed by atoms with Gasteiger partial charge in [0, 0.05) is 71.7 Å². The fourth-order valence-corrected chi connectivity index (χ4v) is 9.22. The number of amides is 4. The summed E-state index contributed by atoms with van der Waals surface area (Å²) in [5.74, 6) is 0.482. The van der Waals surface area contributed by atoms with Crippen LogP contribution in [0.25, 0.3) is 20.5 Å². The van der Waals surface area contributed by atoms with Gasteiger partial charge in [-0.1, -0.05) is 28.1 Å². The minimum atomic E-state index is -0.974. The number of carbonyl (C=O) groups is 4. The van der Waals surface area contributed by atoms with E-state index in [-0.39, 0.29) is 24.7 Å². The number of phenolic OH excluding ortho intramolecular Hbond substituents is 1. The van der Waals surface area contributed by atoms with Gasteiger partial charge in [0.2, 0.25) is 11.8 Å². The van der Waals surface area contributed by atoms with Gasteiger partial charge in [0.25, 0.3) is 11.8 Å². The number of aromatic hydroxyl groups is 1. The summed E-state index contributed by atoms with van der Waals surface area (Å²) >= 11 is 5.10. The van der Waals surface area contributed by atoms with Gasteiger partial charge < -0.3 is 19.5 Å². The first-order valence-corrected chi connectivity index (χ1v) is 19.6. The number of nitrogens with zero attached hydrogens (tertiary/aromatic N) is 3. The van der Waals surface area contributed by atoms with E-state index in [0.29, 0.717) is 22.9 Å². The molecule has 1 aliphatic carbocycles. The van der Waals surface area contributed by atoms with Crippen molar-refractivity contribution in [2.24, 2.45) is 0 Å². The van der Waals surface area contributed by atoms with E-state index >= 15 is 0 Å². The Balaban J connectivity index is 0.784. The third-order valence-corrected chi connectivity index (χ3v) is 12.5. The Morgan fingerprint density at radius 2 is 1.52 bits per heavy atom. The van der Waals surface area contributed by atoms with E-state index in [2.05, 4.69) is 31.0 Å². The molecule has 3 aliphatic heterocycles. The lowest BCUT2D eigenvalue weighted by molar-refractivity contribution is -0.136. The molecule has 2 N–H and O–H groups in total. The summed E-state index contributed by atoms with van der Waals surface area (Å²) in [4.78, 5) is 57.1. The Labute approximate surface area is 323 Å². The number of rotatable bonds is 8. The zero-order chi connectivity index (χ0) is 37.1. The highest BCUT2D eigenvalue weighted by atomic mass is 79.9. The van der Waals surface area contributed by atoms with Crippen molar-refractivity contribution in [3.8, 4) is 33.4 Å². The van der Waals surface area contributed by atoms with Crippen molar-refractivity contribution in [3.05, 3.63) is 101 Å². The number of phenols is 1. The maximum atomic E-state index is 13.3. The van der Waals surface area contributed by atoms with E-state index in [4.69, 9.17) is 9.47 Å². The Kier molecular flexibility index (Phi) is 8.87. The summed E-state index contributed by atoms with van der Waals surface area (Å²) in [6, 6.07) is 25.9. The van der Waals surface area contributed by atoms with Crippen LogP contribution in [0.15, 0.2) is 89.4 Å². The van der Waals surface area contributed by atoms with Crippen LogP contribution in [-0.4, -0.2) is 82.9 Å².